The number of anilines is 1. The Balaban J connectivity index is 2.05. The molecule has 1 N–H and O–H groups in total. The van der Waals surface area contributed by atoms with Gasteiger partial charge in [-0.1, -0.05) is 54.9 Å². The minimum absolute atomic E-state index is 0.0337. The summed E-state index contributed by atoms with van der Waals surface area (Å²) in [4.78, 5) is 28.6. The summed E-state index contributed by atoms with van der Waals surface area (Å²) in [6, 6.07) is 19.0. The number of sulfonamides is 1. The zero-order valence-electron chi connectivity index (χ0n) is 23.4. The van der Waals surface area contributed by atoms with Crippen LogP contribution in [0.4, 0.5) is 5.69 Å². The zero-order valence-corrected chi connectivity index (χ0v) is 25.0. The quantitative estimate of drug-likeness (QED) is 0.316. The standard InChI is InChI=1S/C30H36ClN3O5S/c1-6-21(2)32-30(36)23(4)33(19-24-15-17-25(39-5)18-16-24)29(35)20-34(28-14-10-13-27(31)22(28)3)40(37,38)26-11-8-7-9-12-26/h7-18,21,23H,6,19-20H2,1-5H3,(H,32,36)/t21-,23-/m1/s1. The largest absolute Gasteiger partial charge is 0.497 e. The van der Waals surface area contributed by atoms with Crippen LogP contribution in [0.3, 0.4) is 0 Å². The molecular formula is C30H36ClN3O5S. The molecule has 0 saturated heterocycles. The number of carbonyl (C=O) groups is 2. The second kappa shape index (κ2) is 13.7. The van der Waals surface area contributed by atoms with E-state index in [0.29, 0.717) is 16.3 Å². The fraction of sp³-hybridized carbons (Fsp3) is 0.333. The first-order chi connectivity index (χ1) is 19.0. The number of rotatable bonds is 12. The lowest BCUT2D eigenvalue weighted by atomic mass is 10.1. The van der Waals surface area contributed by atoms with Crippen molar-refractivity contribution in [2.45, 2.75) is 57.6 Å². The lowest BCUT2D eigenvalue weighted by molar-refractivity contribution is -0.139. The maximum atomic E-state index is 14.0. The van der Waals surface area contributed by atoms with Crippen LogP contribution in [-0.4, -0.2) is 50.9 Å². The summed E-state index contributed by atoms with van der Waals surface area (Å²) in [5, 5.41) is 3.29. The smallest absolute Gasteiger partial charge is 0.264 e. The lowest BCUT2D eigenvalue weighted by Crippen LogP contribution is -2.52. The number of methoxy groups -OCH3 is 1. The SMILES string of the molecule is CC[C@@H](C)NC(=O)[C@@H](C)N(Cc1ccc(OC)cc1)C(=O)CN(c1cccc(Cl)c1C)S(=O)(=O)c1ccccc1. The van der Waals surface area contributed by atoms with Crippen molar-refractivity contribution < 1.29 is 22.7 Å². The number of amides is 2. The van der Waals surface area contributed by atoms with Gasteiger partial charge in [0.25, 0.3) is 10.0 Å². The van der Waals surface area contributed by atoms with Crippen molar-refractivity contribution in [2.75, 3.05) is 18.0 Å². The molecule has 40 heavy (non-hydrogen) atoms. The van der Waals surface area contributed by atoms with Gasteiger partial charge in [0.2, 0.25) is 11.8 Å². The minimum Gasteiger partial charge on any atom is -0.497 e. The summed E-state index contributed by atoms with van der Waals surface area (Å²) >= 11 is 6.36. The van der Waals surface area contributed by atoms with Crippen LogP contribution in [0.5, 0.6) is 5.75 Å². The van der Waals surface area contributed by atoms with E-state index in [4.69, 9.17) is 16.3 Å². The van der Waals surface area contributed by atoms with Gasteiger partial charge in [-0.05, 0) is 74.7 Å². The van der Waals surface area contributed by atoms with Crippen molar-refractivity contribution in [2.24, 2.45) is 0 Å². The Morgan fingerprint density at radius 1 is 0.975 bits per heavy atom. The maximum Gasteiger partial charge on any atom is 0.264 e. The number of benzene rings is 3. The predicted octanol–water partition coefficient (Wildman–Crippen LogP) is 5.18. The summed E-state index contributed by atoms with van der Waals surface area (Å²) in [5.41, 5.74) is 1.56. The number of hydrogen-bond acceptors (Lipinski definition) is 5. The number of ether oxygens (including phenoxy) is 1. The molecule has 0 heterocycles. The molecule has 0 aliphatic carbocycles. The van der Waals surface area contributed by atoms with E-state index in [1.807, 2.05) is 13.8 Å². The zero-order chi connectivity index (χ0) is 29.4. The van der Waals surface area contributed by atoms with E-state index in [1.54, 1.807) is 81.6 Å². The molecule has 3 rings (SSSR count). The van der Waals surface area contributed by atoms with Crippen LogP contribution in [0, 0.1) is 6.92 Å². The van der Waals surface area contributed by atoms with Gasteiger partial charge in [0, 0.05) is 17.6 Å². The Hall–Kier alpha value is -3.56. The Kier molecular flexibility index (Phi) is 10.6. The van der Waals surface area contributed by atoms with Gasteiger partial charge in [-0.2, -0.15) is 0 Å². The summed E-state index contributed by atoms with van der Waals surface area (Å²) in [7, 11) is -2.60. The van der Waals surface area contributed by atoms with Gasteiger partial charge in [-0.15, -0.1) is 0 Å². The molecule has 0 bridgehead atoms. The van der Waals surface area contributed by atoms with E-state index < -0.39 is 28.5 Å². The molecule has 0 unspecified atom stereocenters. The van der Waals surface area contributed by atoms with Crippen LogP contribution in [0.25, 0.3) is 0 Å². The van der Waals surface area contributed by atoms with Crippen LogP contribution in [0.15, 0.2) is 77.7 Å². The highest BCUT2D eigenvalue weighted by Crippen LogP contribution is 2.31. The predicted molar refractivity (Wildman–Crippen MR) is 158 cm³/mol. The van der Waals surface area contributed by atoms with Crippen molar-refractivity contribution in [3.63, 3.8) is 0 Å². The van der Waals surface area contributed by atoms with Gasteiger partial charge >= 0.3 is 0 Å². The summed E-state index contributed by atoms with van der Waals surface area (Å²) < 4.78 is 34.1. The van der Waals surface area contributed by atoms with E-state index in [-0.39, 0.29) is 29.1 Å². The van der Waals surface area contributed by atoms with Crippen molar-refractivity contribution in [1.29, 1.82) is 0 Å². The number of hydrogen-bond donors (Lipinski definition) is 1. The fourth-order valence-electron chi connectivity index (χ4n) is 4.08. The number of carbonyl (C=O) groups excluding carboxylic acids is 2. The Labute approximate surface area is 241 Å². The van der Waals surface area contributed by atoms with Crippen LogP contribution in [0.2, 0.25) is 5.02 Å². The molecule has 0 aliphatic rings. The molecule has 0 aromatic heterocycles. The van der Waals surface area contributed by atoms with Crippen molar-refractivity contribution in [3.8, 4) is 5.75 Å². The molecule has 0 spiro atoms. The summed E-state index contributed by atoms with van der Waals surface area (Å²) in [6.07, 6.45) is 0.724. The average Bonchev–Trinajstić information content (AvgIpc) is 2.96. The molecule has 3 aromatic rings. The van der Waals surface area contributed by atoms with Crippen LogP contribution in [-0.2, 0) is 26.2 Å². The van der Waals surface area contributed by atoms with E-state index in [0.717, 1.165) is 16.3 Å². The molecule has 8 nitrogen and oxygen atoms in total. The number of halogens is 1. The second-order valence-electron chi connectivity index (χ2n) is 9.57. The monoisotopic (exact) mass is 585 g/mol. The average molecular weight is 586 g/mol. The molecule has 0 fully saturated rings. The lowest BCUT2D eigenvalue weighted by Gasteiger charge is -2.33. The first-order valence-corrected chi connectivity index (χ1v) is 14.9. The molecule has 2 amide bonds. The minimum atomic E-state index is -4.16. The molecule has 0 radical (unpaired) electrons. The van der Waals surface area contributed by atoms with E-state index >= 15 is 0 Å². The Bertz CT molecular complexity index is 1420. The van der Waals surface area contributed by atoms with Crippen molar-refractivity contribution in [3.05, 3.63) is 88.9 Å². The van der Waals surface area contributed by atoms with E-state index in [1.165, 1.54) is 17.0 Å². The molecule has 2 atom stereocenters. The van der Waals surface area contributed by atoms with E-state index in [2.05, 4.69) is 5.32 Å². The first kappa shape index (κ1) is 31.0. The topological polar surface area (TPSA) is 96.0 Å². The number of nitrogens with zero attached hydrogens (tertiary/aromatic N) is 2. The van der Waals surface area contributed by atoms with Crippen LogP contribution >= 0.6 is 11.6 Å². The Morgan fingerprint density at radius 2 is 1.62 bits per heavy atom. The van der Waals surface area contributed by atoms with Gasteiger partial charge in [0.15, 0.2) is 0 Å². The highest BCUT2D eigenvalue weighted by atomic mass is 35.5. The van der Waals surface area contributed by atoms with Crippen LogP contribution < -0.4 is 14.4 Å². The number of nitrogens with one attached hydrogen (secondary N) is 1. The molecule has 0 saturated carbocycles. The van der Waals surface area contributed by atoms with Gasteiger partial charge in [0.1, 0.15) is 18.3 Å². The van der Waals surface area contributed by atoms with E-state index in [9.17, 15) is 18.0 Å². The maximum absolute atomic E-state index is 14.0. The molecule has 3 aromatic carbocycles. The molecule has 214 valence electrons. The van der Waals surface area contributed by atoms with Gasteiger partial charge in [0.05, 0.1) is 17.7 Å². The van der Waals surface area contributed by atoms with Gasteiger partial charge in [-0.3, -0.25) is 13.9 Å². The van der Waals surface area contributed by atoms with Gasteiger partial charge in [-0.25, -0.2) is 8.42 Å². The molecule has 10 heteroatoms. The van der Waals surface area contributed by atoms with Crippen molar-refractivity contribution in [1.82, 2.24) is 10.2 Å². The van der Waals surface area contributed by atoms with Crippen molar-refractivity contribution >= 4 is 39.1 Å². The Morgan fingerprint density at radius 3 is 2.23 bits per heavy atom. The first-order valence-electron chi connectivity index (χ1n) is 13.0. The normalized spacial score (nSPS) is 12.8. The molecule has 0 aliphatic heterocycles. The third-order valence-corrected chi connectivity index (χ3v) is 8.98. The highest BCUT2D eigenvalue weighted by molar-refractivity contribution is 7.92. The molecular weight excluding hydrogens is 550 g/mol. The fourth-order valence-corrected chi connectivity index (χ4v) is 5.74. The third kappa shape index (κ3) is 7.34. The second-order valence-corrected chi connectivity index (χ2v) is 11.8. The third-order valence-electron chi connectivity index (χ3n) is 6.80. The van der Waals surface area contributed by atoms with Crippen LogP contribution in [0.1, 0.15) is 38.3 Å². The summed E-state index contributed by atoms with van der Waals surface area (Å²) in [5.74, 6) is -0.213. The van der Waals surface area contributed by atoms with Gasteiger partial charge < -0.3 is 15.0 Å². The highest BCUT2D eigenvalue weighted by Gasteiger charge is 2.33. The summed E-state index contributed by atoms with van der Waals surface area (Å²) in [6.45, 7) is 6.74.